The first-order valence-electron chi connectivity index (χ1n) is 46.0. The third-order valence-corrected chi connectivity index (χ3v) is 24.5. The maximum Gasteiger partial charge on any atom is 0.407 e. The molecule has 27 heteroatoms. The molecule has 4 aromatic heterocycles. The molecule has 0 bridgehead atoms. The summed E-state index contributed by atoms with van der Waals surface area (Å²) in [6.45, 7) is 17.9. The Kier molecular flexibility index (Phi) is 30.3. The molecule has 2 saturated carbocycles. The quantitative estimate of drug-likeness (QED) is 0.0347. The van der Waals surface area contributed by atoms with Gasteiger partial charge >= 0.3 is 6.09 Å². The molecule has 2 unspecified atom stereocenters. The van der Waals surface area contributed by atoms with E-state index in [4.69, 9.17) is 41.8 Å². The van der Waals surface area contributed by atoms with Crippen LogP contribution in [0.3, 0.4) is 0 Å². The van der Waals surface area contributed by atoms with Gasteiger partial charge in [0.1, 0.15) is 53.1 Å². The maximum absolute atomic E-state index is 11.6. The second-order valence-electron chi connectivity index (χ2n) is 35.3. The summed E-state index contributed by atoms with van der Waals surface area (Å²) in [5.41, 5.74) is 18.4. The van der Waals surface area contributed by atoms with Gasteiger partial charge in [0.15, 0.2) is 0 Å². The Labute approximate surface area is 764 Å². The van der Waals surface area contributed by atoms with Crippen LogP contribution in [-0.4, -0.2) is 103 Å². The Hall–Kier alpha value is -13.7. The van der Waals surface area contributed by atoms with Crippen molar-refractivity contribution >= 4 is 11.9 Å². The van der Waals surface area contributed by atoms with E-state index in [1.807, 2.05) is 104 Å². The number of Topliss-reactive ketones (excluding diaryl/α,β-unsaturated/α-hetero) is 1. The summed E-state index contributed by atoms with van der Waals surface area (Å²) >= 11 is 0. The average Bonchev–Trinajstić information content (AvgIpc) is 1.66. The van der Waals surface area contributed by atoms with Crippen molar-refractivity contribution in [1.29, 1.82) is 21.0 Å². The van der Waals surface area contributed by atoms with Crippen molar-refractivity contribution in [3.05, 3.63) is 212 Å². The van der Waals surface area contributed by atoms with Crippen LogP contribution in [0.15, 0.2) is 164 Å². The second-order valence-corrected chi connectivity index (χ2v) is 35.3. The fraction of sp³-hybridized carbons (Fsp3) is 0.404. The summed E-state index contributed by atoms with van der Waals surface area (Å²) in [5, 5.41) is 69.3. The van der Waals surface area contributed by atoms with Crippen molar-refractivity contribution in [3.8, 4) is 139 Å². The molecule has 2 fully saturated rings. The fourth-order valence-electron chi connectivity index (χ4n) is 18.5. The first-order valence-corrected chi connectivity index (χ1v) is 46.0. The van der Waals surface area contributed by atoms with Gasteiger partial charge in [-0.2, -0.15) is 41.0 Å². The summed E-state index contributed by atoms with van der Waals surface area (Å²) in [7, 11) is 1.35. The van der Waals surface area contributed by atoms with Crippen LogP contribution in [0, 0.1) is 45.3 Å². The Bertz CT molecular complexity index is 6020. The minimum absolute atomic E-state index is 0.00504. The molecular formula is C104H112N16O11. The fourth-order valence-corrected chi connectivity index (χ4v) is 18.5. The SMILES string of the molecule is CC(=O)CCCCN[C@H]1CCc2c(-c3noc(-c4ccc(OC(C)C)c(C#N)c4)n3)cccc21.CC(C)Oc1ccc(-c2nc(-c3cccc4c3CCC4NC3CCCCC3)no2)cc1C#N.CC(C)Oc1ccc(-c2nc(-c3cccc4c3CCC4NC3CCCCC3)no2)cc1C#N.COC(=O)N[C@@H]1CCc2c(-c3noc(-c4ccc(OC(C)C)c(C#N)c4)n3)cccc21. The third-order valence-electron chi connectivity index (χ3n) is 24.5. The highest BCUT2D eigenvalue weighted by molar-refractivity contribution is 5.76. The molecule has 18 rings (SSSR count). The minimum atomic E-state index is -0.455. The number of nitrogens with one attached hydrogen (secondary N) is 4. The van der Waals surface area contributed by atoms with Crippen molar-refractivity contribution in [2.75, 3.05) is 13.7 Å². The van der Waals surface area contributed by atoms with Crippen molar-refractivity contribution < 1.29 is 51.4 Å². The van der Waals surface area contributed by atoms with E-state index in [2.05, 4.69) is 129 Å². The molecule has 0 radical (unpaired) electrons. The topological polar surface area (TPSA) is 379 Å². The Morgan fingerprint density at radius 2 is 0.687 bits per heavy atom. The number of nitriles is 4. The molecule has 4 N–H and O–H groups in total. The van der Waals surface area contributed by atoms with E-state index >= 15 is 0 Å². The molecule has 674 valence electrons. The molecule has 12 aromatic rings. The van der Waals surface area contributed by atoms with Gasteiger partial charge < -0.3 is 67.8 Å². The van der Waals surface area contributed by atoms with Gasteiger partial charge in [-0.1, -0.05) is 132 Å². The second kappa shape index (κ2) is 43.1. The number of unbranched alkanes of at least 4 members (excludes halogenated alkanes) is 1. The monoisotopic (exact) mass is 1760 g/mol. The lowest BCUT2D eigenvalue weighted by atomic mass is 9.94. The summed E-state index contributed by atoms with van der Waals surface area (Å²) in [4.78, 5) is 41.3. The van der Waals surface area contributed by atoms with Crippen LogP contribution in [0.2, 0.25) is 0 Å². The Morgan fingerprint density at radius 3 is 0.985 bits per heavy atom. The number of fused-ring (bicyclic) bond motifs is 4. The molecule has 0 saturated heterocycles. The van der Waals surface area contributed by atoms with Gasteiger partial charge in [-0.3, -0.25) is 0 Å². The molecule has 0 spiro atoms. The summed E-state index contributed by atoms with van der Waals surface area (Å²) in [6.07, 6.45) is 23.0. The lowest BCUT2D eigenvalue weighted by Crippen LogP contribution is -2.33. The van der Waals surface area contributed by atoms with Crippen LogP contribution in [0.1, 0.15) is 262 Å². The zero-order valence-corrected chi connectivity index (χ0v) is 76.0. The number of hydrogen-bond donors (Lipinski definition) is 4. The number of nitrogens with zero attached hydrogens (tertiary/aromatic N) is 12. The predicted molar refractivity (Wildman–Crippen MR) is 495 cm³/mol. The molecule has 4 atom stereocenters. The largest absolute Gasteiger partial charge is 0.490 e. The van der Waals surface area contributed by atoms with E-state index in [1.165, 1.54) is 105 Å². The van der Waals surface area contributed by atoms with E-state index in [0.717, 1.165) is 104 Å². The van der Waals surface area contributed by atoms with Crippen LogP contribution < -0.4 is 40.2 Å². The molecule has 8 aromatic carbocycles. The molecule has 4 heterocycles. The van der Waals surface area contributed by atoms with Gasteiger partial charge in [0.25, 0.3) is 23.6 Å². The molecule has 0 aliphatic heterocycles. The highest BCUT2D eigenvalue weighted by Crippen LogP contribution is 2.45. The van der Waals surface area contributed by atoms with E-state index in [9.17, 15) is 30.6 Å². The number of benzene rings is 8. The standard InChI is InChI=1S/C27H30N4O3.2C27H30N4O2.C23H22N4O4/c1-17(2)33-25-13-10-19(15-20(25)16-28)27-30-26(31-34-27)23-9-6-8-22-21(23)11-12-24(22)29-14-5-4-7-18(3)32;2*1-17(2)32-25-14-11-18(15-19(25)16-28)27-30-26(31-33-27)23-10-6-9-22-21(23)12-13-24(22)29-20-7-4-3-5-8-20;1-13(2)30-20-10-7-14(11-15(20)12-24)22-26-21(27-31-22)18-6-4-5-17-16(18)8-9-19(17)25-23(28)29-3/h6,8-10,13,15,17,24,29H,4-5,7,11-12,14H2,1-3H3;2*6,9-11,14-15,17,20,24,29H,3-5,7-8,12-13H2,1-2H3;4-7,10-11,13,19H,8-9H2,1-3H3,(H,25,28)/t24-;;;19-/m0..1/s1. The molecule has 1 amide bonds. The normalized spacial score (nSPS) is 16.5. The minimum Gasteiger partial charge on any atom is -0.490 e. The maximum atomic E-state index is 11.6. The van der Waals surface area contributed by atoms with Gasteiger partial charge in [-0.05, 0) is 276 Å². The van der Waals surface area contributed by atoms with Gasteiger partial charge in [0.2, 0.25) is 23.3 Å². The zero-order chi connectivity index (χ0) is 91.6. The van der Waals surface area contributed by atoms with Crippen LogP contribution >= 0.6 is 0 Å². The molecule has 6 aliphatic rings. The summed E-state index contributed by atoms with van der Waals surface area (Å²) in [6, 6.07) is 57.2. The first kappa shape index (κ1) is 92.0. The molecule has 27 nitrogen and oxygen atoms in total. The summed E-state index contributed by atoms with van der Waals surface area (Å²) in [5.74, 6) is 6.16. The van der Waals surface area contributed by atoms with Crippen molar-refractivity contribution in [2.45, 2.75) is 258 Å². The summed E-state index contributed by atoms with van der Waals surface area (Å²) < 4.78 is 49.8. The number of carbonyl (C=O) groups excluding carboxylic acids is 2. The number of alkyl carbamates (subject to hydrolysis) is 1. The van der Waals surface area contributed by atoms with Gasteiger partial charge in [-0.25, -0.2) is 4.79 Å². The number of amides is 1. The third kappa shape index (κ3) is 22.4. The van der Waals surface area contributed by atoms with Gasteiger partial charge in [-0.15, -0.1) is 0 Å². The lowest BCUT2D eigenvalue weighted by Gasteiger charge is -2.27. The van der Waals surface area contributed by atoms with Crippen LogP contribution in [-0.2, 0) is 35.2 Å². The smallest absolute Gasteiger partial charge is 0.407 e. The van der Waals surface area contributed by atoms with Crippen molar-refractivity contribution in [3.63, 3.8) is 0 Å². The Balaban J connectivity index is 0.000000134. The number of ether oxygens (including phenoxy) is 5. The molecular weight excluding hydrogens is 1650 g/mol. The number of hydrogen-bond acceptors (Lipinski definition) is 26. The zero-order valence-electron chi connectivity index (χ0n) is 76.0. The van der Waals surface area contributed by atoms with Crippen LogP contribution in [0.5, 0.6) is 23.0 Å². The van der Waals surface area contributed by atoms with Gasteiger partial charge in [0.05, 0.1) is 59.8 Å². The van der Waals surface area contributed by atoms with E-state index < -0.39 is 6.09 Å². The molecule has 131 heavy (non-hydrogen) atoms. The highest BCUT2D eigenvalue weighted by atomic mass is 16.5. The number of rotatable bonds is 27. The van der Waals surface area contributed by atoms with Crippen LogP contribution in [0.4, 0.5) is 4.79 Å². The van der Waals surface area contributed by atoms with Crippen LogP contribution in [0.25, 0.3) is 91.4 Å². The van der Waals surface area contributed by atoms with E-state index in [-0.39, 0.29) is 36.2 Å². The first-order chi connectivity index (χ1) is 63.7. The highest BCUT2D eigenvalue weighted by Gasteiger charge is 2.34. The van der Waals surface area contributed by atoms with E-state index in [0.29, 0.717) is 151 Å². The predicted octanol–water partition coefficient (Wildman–Crippen LogP) is 21.7. The number of aromatic nitrogens is 8. The van der Waals surface area contributed by atoms with E-state index in [1.54, 1.807) is 61.5 Å². The van der Waals surface area contributed by atoms with Crippen molar-refractivity contribution in [2.24, 2.45) is 0 Å². The molecule has 6 aliphatic carbocycles. The van der Waals surface area contributed by atoms with Gasteiger partial charge in [0, 0.05) is 81.1 Å². The van der Waals surface area contributed by atoms with Crippen molar-refractivity contribution in [1.82, 2.24) is 61.8 Å². The number of methoxy groups -OCH3 is 1. The average molecular weight is 1760 g/mol. The number of ketones is 1. The lowest BCUT2D eigenvalue weighted by molar-refractivity contribution is -0.117. The Morgan fingerprint density at radius 1 is 0.389 bits per heavy atom. The number of carbonyl (C=O) groups is 2.